The first-order valence-electron chi connectivity index (χ1n) is 12.0. The van der Waals surface area contributed by atoms with E-state index in [0.717, 1.165) is 24.5 Å². The molecular formula is C25H28F3N5O2. The summed E-state index contributed by atoms with van der Waals surface area (Å²) in [5.41, 5.74) is 0.533. The van der Waals surface area contributed by atoms with Gasteiger partial charge in [0.15, 0.2) is 0 Å². The van der Waals surface area contributed by atoms with Crippen LogP contribution in [0.15, 0.2) is 50.9 Å². The number of alkyl halides is 3. The Morgan fingerprint density at radius 3 is 2.57 bits per heavy atom. The Bertz CT molecular complexity index is 1100. The molecule has 1 N–H and O–H groups in total. The maximum atomic E-state index is 13.5. The van der Waals surface area contributed by atoms with Crippen molar-refractivity contribution in [3.63, 3.8) is 0 Å². The van der Waals surface area contributed by atoms with Crippen molar-refractivity contribution >= 4 is 29.5 Å². The van der Waals surface area contributed by atoms with Crippen molar-refractivity contribution < 1.29 is 23.1 Å². The summed E-state index contributed by atoms with van der Waals surface area (Å²) < 4.78 is 40.4. The third-order valence-electron chi connectivity index (χ3n) is 7.16. The maximum Gasteiger partial charge on any atom is 0.418 e. The van der Waals surface area contributed by atoms with Gasteiger partial charge in [-0.3, -0.25) is 9.79 Å². The van der Waals surface area contributed by atoms with Gasteiger partial charge < -0.3 is 14.9 Å². The number of nitrogens with zero attached hydrogens (tertiary/aromatic N) is 5. The average Bonchev–Trinajstić information content (AvgIpc) is 3.42. The first kappa shape index (κ1) is 23.7. The Labute approximate surface area is 201 Å². The lowest BCUT2D eigenvalue weighted by Gasteiger charge is -2.26. The lowest BCUT2D eigenvalue weighted by Crippen LogP contribution is -2.39. The van der Waals surface area contributed by atoms with Crippen LogP contribution >= 0.6 is 0 Å². The Morgan fingerprint density at radius 2 is 1.86 bits per heavy atom. The second kappa shape index (κ2) is 9.56. The van der Waals surface area contributed by atoms with Crippen molar-refractivity contribution in [1.82, 2.24) is 4.90 Å². The number of aliphatic hydroxyl groups is 1. The zero-order valence-corrected chi connectivity index (χ0v) is 19.3. The number of carbonyl (C=O) groups excluding carboxylic acids is 1. The number of likely N-dealkylation sites (tertiary alicyclic amines) is 1. The van der Waals surface area contributed by atoms with Gasteiger partial charge in [-0.25, -0.2) is 9.98 Å². The molecule has 35 heavy (non-hydrogen) atoms. The lowest BCUT2D eigenvalue weighted by molar-refractivity contribution is -0.137. The predicted molar refractivity (Wildman–Crippen MR) is 128 cm³/mol. The van der Waals surface area contributed by atoms with E-state index in [1.54, 1.807) is 22.1 Å². The normalized spacial score (nSPS) is 27.9. The fourth-order valence-corrected chi connectivity index (χ4v) is 5.43. The number of rotatable bonds is 4. The molecule has 0 spiro atoms. The number of halogens is 3. The second-order valence-electron chi connectivity index (χ2n) is 9.58. The van der Waals surface area contributed by atoms with Crippen LogP contribution < -0.4 is 4.90 Å². The minimum Gasteiger partial charge on any atom is -0.396 e. The molecule has 1 amide bonds. The summed E-state index contributed by atoms with van der Waals surface area (Å²) in [6.45, 7) is 1.97. The molecule has 10 heteroatoms. The van der Waals surface area contributed by atoms with Crippen LogP contribution in [0.4, 0.5) is 18.9 Å². The molecule has 2 fully saturated rings. The molecule has 0 saturated carbocycles. The fraction of sp³-hybridized carbons (Fsp3) is 0.520. The first-order valence-corrected chi connectivity index (χ1v) is 12.0. The summed E-state index contributed by atoms with van der Waals surface area (Å²) in [5, 5.41) is 9.21. The van der Waals surface area contributed by atoms with Gasteiger partial charge in [-0.2, -0.15) is 13.2 Å². The second-order valence-corrected chi connectivity index (χ2v) is 9.58. The summed E-state index contributed by atoms with van der Waals surface area (Å²) in [5.74, 6) is 0.705. The van der Waals surface area contributed by atoms with Gasteiger partial charge in [0, 0.05) is 62.9 Å². The van der Waals surface area contributed by atoms with Crippen molar-refractivity contribution in [3.05, 3.63) is 41.5 Å². The van der Waals surface area contributed by atoms with Crippen molar-refractivity contribution in [1.29, 1.82) is 0 Å². The minimum absolute atomic E-state index is 0.0461. The molecule has 0 radical (unpaired) electrons. The maximum absolute atomic E-state index is 13.5. The number of para-hydroxylation sites is 1. The van der Waals surface area contributed by atoms with Gasteiger partial charge in [-0.05, 0) is 37.0 Å². The average molecular weight is 488 g/mol. The molecule has 0 aliphatic carbocycles. The molecule has 1 unspecified atom stereocenters. The Balaban J connectivity index is 1.26. The molecule has 186 valence electrons. The molecule has 0 aromatic heterocycles. The highest BCUT2D eigenvalue weighted by Crippen LogP contribution is 2.40. The summed E-state index contributed by atoms with van der Waals surface area (Å²) >= 11 is 0. The number of aliphatic hydroxyl groups excluding tert-OH is 1. The van der Waals surface area contributed by atoms with E-state index in [1.807, 2.05) is 6.08 Å². The van der Waals surface area contributed by atoms with Gasteiger partial charge in [0.25, 0.3) is 5.91 Å². The third-order valence-corrected chi connectivity index (χ3v) is 7.16. The van der Waals surface area contributed by atoms with Crippen LogP contribution in [0.25, 0.3) is 0 Å². The third kappa shape index (κ3) is 5.03. The summed E-state index contributed by atoms with van der Waals surface area (Å²) in [6.07, 6.45) is 2.00. The number of allylic oxidation sites excluding steroid dienone is 1. The molecule has 1 aromatic carbocycles. The van der Waals surface area contributed by atoms with E-state index in [-0.39, 0.29) is 41.9 Å². The highest BCUT2D eigenvalue weighted by atomic mass is 19.4. The number of carbonyl (C=O) groups is 1. The lowest BCUT2D eigenvalue weighted by atomic mass is 10.0. The highest BCUT2D eigenvalue weighted by Gasteiger charge is 2.44. The molecule has 5 rings (SSSR count). The van der Waals surface area contributed by atoms with E-state index in [1.165, 1.54) is 12.1 Å². The van der Waals surface area contributed by atoms with Gasteiger partial charge in [-0.1, -0.05) is 18.2 Å². The molecule has 3 atom stereocenters. The summed E-state index contributed by atoms with van der Waals surface area (Å²) in [4.78, 5) is 30.3. The monoisotopic (exact) mass is 487 g/mol. The van der Waals surface area contributed by atoms with Gasteiger partial charge >= 0.3 is 6.18 Å². The number of amides is 1. The van der Waals surface area contributed by atoms with E-state index in [9.17, 15) is 23.1 Å². The van der Waals surface area contributed by atoms with Crippen LogP contribution in [-0.4, -0.2) is 72.6 Å². The number of fused-ring (bicyclic) bond motifs is 3. The van der Waals surface area contributed by atoms with Crippen molar-refractivity contribution in [2.24, 2.45) is 26.8 Å². The largest absolute Gasteiger partial charge is 0.418 e. The zero-order chi connectivity index (χ0) is 24.6. The Morgan fingerprint density at radius 1 is 1.11 bits per heavy atom. The van der Waals surface area contributed by atoms with Crippen molar-refractivity contribution in [2.45, 2.75) is 37.9 Å². The molecule has 2 saturated heterocycles. The van der Waals surface area contributed by atoms with Gasteiger partial charge in [-0.15, -0.1) is 0 Å². The molecule has 4 aliphatic heterocycles. The Hall–Kier alpha value is -3.01. The zero-order valence-electron chi connectivity index (χ0n) is 19.3. The molecule has 4 heterocycles. The first-order chi connectivity index (χ1) is 16.8. The van der Waals surface area contributed by atoms with E-state index in [4.69, 9.17) is 0 Å². The van der Waals surface area contributed by atoms with Gasteiger partial charge in [0.2, 0.25) is 5.84 Å². The SMILES string of the molecule is O=C(C1=NC2CC/C=C(/CCO)C=NC(=N1)C2)N1C[C@@H]2CN(c3ccccc3C(F)(F)F)C[C@@H]2C1. The van der Waals surface area contributed by atoms with Crippen LogP contribution in [0.1, 0.15) is 31.2 Å². The van der Waals surface area contributed by atoms with Crippen LogP contribution in [0, 0.1) is 11.8 Å². The van der Waals surface area contributed by atoms with Gasteiger partial charge in [0.05, 0.1) is 11.6 Å². The Kier molecular flexibility index (Phi) is 6.48. The molecular weight excluding hydrogens is 459 g/mol. The van der Waals surface area contributed by atoms with Crippen LogP contribution in [0.2, 0.25) is 0 Å². The standard InChI is InChI=1S/C25H28F3N5O2/c26-25(27,28)20-6-1-2-7-21(20)32-12-17-14-33(15-18(17)13-32)24(35)23-30-19-5-3-4-16(8-9-34)11-29-22(10-19)31-23/h1-2,4,6-7,11,17-19,34H,3,5,8-10,12-15H2/b16-4-,29-11?/t17-,18+,19?. The van der Waals surface area contributed by atoms with Crippen molar-refractivity contribution in [2.75, 3.05) is 37.7 Å². The van der Waals surface area contributed by atoms with E-state index in [0.29, 0.717) is 44.9 Å². The molecule has 4 aliphatic rings. The van der Waals surface area contributed by atoms with Crippen LogP contribution in [0.5, 0.6) is 0 Å². The van der Waals surface area contributed by atoms with E-state index < -0.39 is 11.7 Å². The quantitative estimate of drug-likeness (QED) is 0.708. The summed E-state index contributed by atoms with van der Waals surface area (Å²) in [7, 11) is 0. The van der Waals surface area contributed by atoms with Crippen LogP contribution in [0.3, 0.4) is 0 Å². The van der Waals surface area contributed by atoms with Crippen molar-refractivity contribution in [3.8, 4) is 0 Å². The molecule has 2 bridgehead atoms. The number of anilines is 1. The molecule has 1 aromatic rings. The van der Waals surface area contributed by atoms with Crippen LogP contribution in [-0.2, 0) is 11.0 Å². The van der Waals surface area contributed by atoms with E-state index >= 15 is 0 Å². The number of hydrogen-bond donors (Lipinski definition) is 1. The topological polar surface area (TPSA) is 80.9 Å². The number of amidine groups is 2. The summed E-state index contributed by atoms with van der Waals surface area (Å²) in [6, 6.07) is 5.61. The number of aliphatic imine (C=N–C) groups is 3. The molecule has 7 nitrogen and oxygen atoms in total. The van der Waals surface area contributed by atoms with Gasteiger partial charge in [0.1, 0.15) is 5.84 Å². The number of hydrogen-bond acceptors (Lipinski definition) is 6. The fourth-order valence-electron chi connectivity index (χ4n) is 5.43. The predicted octanol–water partition coefficient (Wildman–Crippen LogP) is 3.34. The minimum atomic E-state index is -4.40. The smallest absolute Gasteiger partial charge is 0.396 e. The number of benzene rings is 1. The van der Waals surface area contributed by atoms with E-state index in [2.05, 4.69) is 15.0 Å². The highest BCUT2D eigenvalue weighted by molar-refractivity contribution is 6.40.